The summed E-state index contributed by atoms with van der Waals surface area (Å²) in [5, 5.41) is 20.8. The van der Waals surface area contributed by atoms with Crippen molar-refractivity contribution in [2.45, 2.75) is 6.10 Å². The molecular formula is C13H19FN2O2S. The van der Waals surface area contributed by atoms with Crippen molar-refractivity contribution in [3.05, 3.63) is 24.0 Å². The summed E-state index contributed by atoms with van der Waals surface area (Å²) in [6.07, 6.45) is -0.832. The molecule has 1 aliphatic heterocycles. The van der Waals surface area contributed by atoms with Crippen LogP contribution in [0.2, 0.25) is 0 Å². The van der Waals surface area contributed by atoms with E-state index in [1.54, 1.807) is 12.1 Å². The normalized spacial score (nSPS) is 17.3. The zero-order valence-electron chi connectivity index (χ0n) is 10.7. The van der Waals surface area contributed by atoms with Crippen LogP contribution in [0, 0.1) is 5.82 Å². The standard InChI is InChI=1S/C13H19FN2O2S/c14-12-7-10(15-8-11(18)9-17)1-2-13(12)16-3-5-19-6-4-16/h1-2,7,11,15,17-18H,3-6,8-9H2. The van der Waals surface area contributed by atoms with E-state index in [-0.39, 0.29) is 19.0 Å². The molecular weight excluding hydrogens is 267 g/mol. The van der Waals surface area contributed by atoms with Crippen molar-refractivity contribution in [1.29, 1.82) is 0 Å². The second-order valence-electron chi connectivity index (χ2n) is 4.48. The summed E-state index contributed by atoms with van der Waals surface area (Å²) in [6.45, 7) is 1.64. The minimum Gasteiger partial charge on any atom is -0.394 e. The molecule has 0 aromatic heterocycles. The van der Waals surface area contributed by atoms with Gasteiger partial charge in [0.25, 0.3) is 0 Å². The Morgan fingerprint density at radius 3 is 2.74 bits per heavy atom. The molecule has 1 aromatic carbocycles. The van der Waals surface area contributed by atoms with Crippen LogP contribution in [-0.2, 0) is 0 Å². The highest BCUT2D eigenvalue weighted by Crippen LogP contribution is 2.25. The van der Waals surface area contributed by atoms with Gasteiger partial charge in [-0.15, -0.1) is 0 Å². The van der Waals surface area contributed by atoms with Crippen molar-refractivity contribution in [3.8, 4) is 0 Å². The molecule has 2 rings (SSSR count). The van der Waals surface area contributed by atoms with E-state index in [2.05, 4.69) is 10.2 Å². The lowest BCUT2D eigenvalue weighted by Gasteiger charge is -2.29. The number of rotatable bonds is 5. The summed E-state index contributed by atoms with van der Waals surface area (Å²) in [4.78, 5) is 2.05. The fraction of sp³-hybridized carbons (Fsp3) is 0.538. The van der Waals surface area contributed by atoms with Gasteiger partial charge in [0.1, 0.15) is 5.82 Å². The molecule has 1 fully saturated rings. The summed E-state index contributed by atoms with van der Waals surface area (Å²) in [6, 6.07) is 4.99. The van der Waals surface area contributed by atoms with Gasteiger partial charge < -0.3 is 20.4 Å². The van der Waals surface area contributed by atoms with Crippen molar-refractivity contribution >= 4 is 23.1 Å². The number of nitrogens with zero attached hydrogens (tertiary/aromatic N) is 1. The lowest BCUT2D eigenvalue weighted by molar-refractivity contribution is 0.105. The molecule has 19 heavy (non-hydrogen) atoms. The van der Waals surface area contributed by atoms with Crippen molar-refractivity contribution < 1.29 is 14.6 Å². The van der Waals surface area contributed by atoms with Crippen LogP contribution in [0.1, 0.15) is 0 Å². The van der Waals surface area contributed by atoms with Crippen molar-refractivity contribution in [2.24, 2.45) is 0 Å². The van der Waals surface area contributed by atoms with Crippen LogP contribution < -0.4 is 10.2 Å². The average molecular weight is 286 g/mol. The number of aliphatic hydroxyl groups excluding tert-OH is 2. The van der Waals surface area contributed by atoms with Crippen LogP contribution in [0.4, 0.5) is 15.8 Å². The number of thioether (sulfide) groups is 1. The van der Waals surface area contributed by atoms with Crippen LogP contribution in [0.25, 0.3) is 0 Å². The van der Waals surface area contributed by atoms with Crippen LogP contribution >= 0.6 is 11.8 Å². The molecule has 0 spiro atoms. The van der Waals surface area contributed by atoms with Gasteiger partial charge in [-0.2, -0.15) is 11.8 Å². The van der Waals surface area contributed by atoms with E-state index >= 15 is 0 Å². The van der Waals surface area contributed by atoms with Crippen LogP contribution in [0.5, 0.6) is 0 Å². The topological polar surface area (TPSA) is 55.7 Å². The fourth-order valence-electron chi connectivity index (χ4n) is 1.98. The Kier molecular flexibility index (Phi) is 5.30. The van der Waals surface area contributed by atoms with Crippen molar-refractivity contribution in [2.75, 3.05) is 48.0 Å². The molecule has 3 N–H and O–H groups in total. The van der Waals surface area contributed by atoms with Gasteiger partial charge in [-0.3, -0.25) is 0 Å². The number of hydrogen-bond donors (Lipinski definition) is 3. The Morgan fingerprint density at radius 2 is 2.11 bits per heavy atom. The summed E-state index contributed by atoms with van der Waals surface area (Å²) < 4.78 is 14.0. The van der Waals surface area contributed by atoms with E-state index in [4.69, 9.17) is 5.11 Å². The first-order valence-electron chi connectivity index (χ1n) is 6.35. The van der Waals surface area contributed by atoms with E-state index in [0.29, 0.717) is 11.4 Å². The fourth-order valence-corrected chi connectivity index (χ4v) is 2.88. The van der Waals surface area contributed by atoms with Gasteiger partial charge in [-0.05, 0) is 18.2 Å². The number of nitrogens with one attached hydrogen (secondary N) is 1. The lowest BCUT2D eigenvalue weighted by Crippen LogP contribution is -2.33. The van der Waals surface area contributed by atoms with Gasteiger partial charge in [0.05, 0.1) is 18.4 Å². The maximum absolute atomic E-state index is 14.0. The van der Waals surface area contributed by atoms with Gasteiger partial charge in [0.15, 0.2) is 0 Å². The van der Waals surface area contributed by atoms with Crippen LogP contribution in [-0.4, -0.2) is 54.1 Å². The number of hydrogen-bond acceptors (Lipinski definition) is 5. The molecule has 1 atom stereocenters. The molecule has 106 valence electrons. The molecule has 1 aliphatic rings. The second-order valence-corrected chi connectivity index (χ2v) is 5.71. The lowest BCUT2D eigenvalue weighted by atomic mass is 10.2. The summed E-state index contributed by atoms with van der Waals surface area (Å²) >= 11 is 1.89. The summed E-state index contributed by atoms with van der Waals surface area (Å²) in [7, 11) is 0. The molecule has 0 aliphatic carbocycles. The predicted molar refractivity (Wildman–Crippen MR) is 77.5 cm³/mol. The maximum Gasteiger partial charge on any atom is 0.148 e. The van der Waals surface area contributed by atoms with Gasteiger partial charge in [0, 0.05) is 36.8 Å². The molecule has 1 aromatic rings. The summed E-state index contributed by atoms with van der Waals surface area (Å²) in [5.74, 6) is 1.81. The molecule has 0 radical (unpaired) electrons. The molecule has 1 heterocycles. The number of anilines is 2. The molecule has 1 saturated heterocycles. The summed E-state index contributed by atoms with van der Waals surface area (Å²) in [5.41, 5.74) is 1.24. The van der Waals surface area contributed by atoms with Crippen LogP contribution in [0.15, 0.2) is 18.2 Å². The minimum atomic E-state index is -0.832. The first-order valence-corrected chi connectivity index (χ1v) is 7.51. The Morgan fingerprint density at radius 1 is 1.37 bits per heavy atom. The Hall–Kier alpha value is -0.980. The van der Waals surface area contributed by atoms with Crippen LogP contribution in [0.3, 0.4) is 0 Å². The number of halogens is 1. The highest BCUT2D eigenvalue weighted by molar-refractivity contribution is 7.99. The third kappa shape index (κ3) is 3.99. The zero-order valence-corrected chi connectivity index (χ0v) is 11.5. The van der Waals surface area contributed by atoms with E-state index in [0.717, 1.165) is 24.6 Å². The first kappa shape index (κ1) is 14.4. The first-order chi connectivity index (χ1) is 9.20. The Labute approximate surface area is 116 Å². The maximum atomic E-state index is 14.0. The quantitative estimate of drug-likeness (QED) is 0.758. The molecule has 6 heteroatoms. The highest BCUT2D eigenvalue weighted by atomic mass is 32.2. The third-order valence-corrected chi connectivity index (χ3v) is 3.99. The van der Waals surface area contributed by atoms with E-state index in [1.165, 1.54) is 6.07 Å². The number of benzene rings is 1. The smallest absolute Gasteiger partial charge is 0.148 e. The van der Waals surface area contributed by atoms with Crippen molar-refractivity contribution in [3.63, 3.8) is 0 Å². The van der Waals surface area contributed by atoms with E-state index < -0.39 is 6.10 Å². The molecule has 0 bridgehead atoms. The molecule has 4 nitrogen and oxygen atoms in total. The van der Waals surface area contributed by atoms with Crippen molar-refractivity contribution in [1.82, 2.24) is 0 Å². The predicted octanol–water partition coefficient (Wildman–Crippen LogP) is 1.14. The molecule has 0 amide bonds. The highest BCUT2D eigenvalue weighted by Gasteiger charge is 2.15. The Balaban J connectivity index is 2.00. The van der Waals surface area contributed by atoms with Gasteiger partial charge in [0.2, 0.25) is 0 Å². The van der Waals surface area contributed by atoms with Gasteiger partial charge in [-0.1, -0.05) is 0 Å². The average Bonchev–Trinajstić information content (AvgIpc) is 2.45. The Bertz CT molecular complexity index is 414. The third-order valence-electron chi connectivity index (χ3n) is 3.05. The SMILES string of the molecule is OCC(O)CNc1ccc(N2CCSCC2)c(F)c1. The van der Waals surface area contributed by atoms with E-state index in [9.17, 15) is 9.50 Å². The monoisotopic (exact) mass is 286 g/mol. The zero-order chi connectivity index (χ0) is 13.7. The second kappa shape index (κ2) is 6.98. The number of aliphatic hydroxyl groups is 2. The largest absolute Gasteiger partial charge is 0.394 e. The van der Waals surface area contributed by atoms with E-state index in [1.807, 2.05) is 11.8 Å². The molecule has 0 saturated carbocycles. The van der Waals surface area contributed by atoms with Gasteiger partial charge >= 0.3 is 0 Å². The minimum absolute atomic E-state index is 0.204. The van der Waals surface area contributed by atoms with Gasteiger partial charge in [-0.25, -0.2) is 4.39 Å². The molecule has 1 unspecified atom stereocenters.